The van der Waals surface area contributed by atoms with Crippen LogP contribution in [0.5, 0.6) is 0 Å². The third kappa shape index (κ3) is 4.06. The molecule has 0 aliphatic carbocycles. The second-order valence-corrected chi connectivity index (χ2v) is 5.80. The highest BCUT2D eigenvalue weighted by atomic mass is 16.1. The molecule has 19 heavy (non-hydrogen) atoms. The molecule has 1 unspecified atom stereocenters. The van der Waals surface area contributed by atoms with Crippen LogP contribution >= 0.6 is 0 Å². The first-order chi connectivity index (χ1) is 9.16. The minimum Gasteiger partial charge on any atom is -0.369 e. The summed E-state index contributed by atoms with van der Waals surface area (Å²) in [5.74, 6) is 0.562. The van der Waals surface area contributed by atoms with Gasteiger partial charge in [-0.1, -0.05) is 37.3 Å². The van der Waals surface area contributed by atoms with E-state index in [4.69, 9.17) is 5.73 Å². The molecule has 1 amide bonds. The fourth-order valence-electron chi connectivity index (χ4n) is 2.99. The molecule has 3 atom stereocenters. The van der Waals surface area contributed by atoms with Crippen molar-refractivity contribution in [3.63, 3.8) is 0 Å². The molecular weight excluding hydrogens is 236 g/mol. The van der Waals surface area contributed by atoms with Crippen LogP contribution < -0.4 is 10.6 Å². The van der Waals surface area contributed by atoms with Crippen molar-refractivity contribution in [3.8, 4) is 0 Å². The van der Waals surface area contributed by atoms with Gasteiger partial charge in [-0.05, 0) is 24.3 Å². The first kappa shape index (κ1) is 14.1. The molecule has 3 N–H and O–H groups in total. The monoisotopic (exact) mass is 261 g/mol. The summed E-state index contributed by atoms with van der Waals surface area (Å²) in [7, 11) is 0. The molecule has 1 aromatic rings. The van der Waals surface area contributed by atoms with Gasteiger partial charge in [0.05, 0.1) is 25.6 Å². The molecule has 1 heterocycles. The number of carbonyl (C=O) groups excluding carboxylic acids is 1. The number of rotatable bonds is 5. The number of quaternary nitrogens is 1. The van der Waals surface area contributed by atoms with Crippen LogP contribution in [-0.2, 0) is 4.79 Å². The zero-order chi connectivity index (χ0) is 13.7. The normalized spacial score (nSPS) is 24.9. The van der Waals surface area contributed by atoms with E-state index in [1.807, 2.05) is 0 Å². The van der Waals surface area contributed by atoms with E-state index < -0.39 is 0 Å². The zero-order valence-electron chi connectivity index (χ0n) is 11.8. The summed E-state index contributed by atoms with van der Waals surface area (Å²) in [4.78, 5) is 12.8. The van der Waals surface area contributed by atoms with Crippen molar-refractivity contribution < 1.29 is 9.69 Å². The number of benzene rings is 1. The number of primary amides is 1. The Morgan fingerprint density at radius 1 is 1.42 bits per heavy atom. The van der Waals surface area contributed by atoms with E-state index in [0.717, 1.165) is 25.9 Å². The minimum atomic E-state index is -0.117. The van der Waals surface area contributed by atoms with Crippen molar-refractivity contribution in [2.45, 2.75) is 32.1 Å². The molecule has 3 heteroatoms. The van der Waals surface area contributed by atoms with Crippen LogP contribution in [0.4, 0.5) is 0 Å². The van der Waals surface area contributed by atoms with Crippen molar-refractivity contribution in [2.24, 2.45) is 11.7 Å². The molecule has 2 rings (SSSR count). The van der Waals surface area contributed by atoms with Gasteiger partial charge in [-0.15, -0.1) is 0 Å². The smallest absolute Gasteiger partial charge is 0.226 e. The van der Waals surface area contributed by atoms with Crippen LogP contribution in [0.1, 0.15) is 37.7 Å². The molecule has 1 saturated heterocycles. The molecule has 0 aromatic heterocycles. The summed E-state index contributed by atoms with van der Waals surface area (Å²) in [6.07, 6.45) is 3.28. The second-order valence-electron chi connectivity index (χ2n) is 5.80. The van der Waals surface area contributed by atoms with Crippen LogP contribution in [0, 0.1) is 5.92 Å². The van der Waals surface area contributed by atoms with Crippen molar-refractivity contribution in [3.05, 3.63) is 35.9 Å². The fraction of sp³-hybridized carbons (Fsp3) is 0.562. The molecule has 0 radical (unpaired) electrons. The van der Waals surface area contributed by atoms with Crippen molar-refractivity contribution in [1.29, 1.82) is 0 Å². The molecule has 0 saturated carbocycles. The van der Waals surface area contributed by atoms with Gasteiger partial charge < -0.3 is 10.6 Å². The highest BCUT2D eigenvalue weighted by Gasteiger charge is 2.26. The summed E-state index contributed by atoms with van der Waals surface area (Å²) in [5, 5.41) is 0. The first-order valence-electron chi connectivity index (χ1n) is 7.34. The number of carbonyl (C=O) groups is 1. The fourth-order valence-corrected chi connectivity index (χ4v) is 2.99. The second kappa shape index (κ2) is 6.71. The van der Waals surface area contributed by atoms with Crippen LogP contribution in [-0.4, -0.2) is 25.5 Å². The van der Waals surface area contributed by atoms with Gasteiger partial charge in [0.2, 0.25) is 5.91 Å². The van der Waals surface area contributed by atoms with E-state index in [0.29, 0.717) is 5.92 Å². The predicted molar refractivity (Wildman–Crippen MR) is 77.0 cm³/mol. The average Bonchev–Trinajstić information content (AvgIpc) is 2.46. The zero-order valence-corrected chi connectivity index (χ0v) is 11.8. The van der Waals surface area contributed by atoms with Crippen LogP contribution in [0.2, 0.25) is 0 Å². The third-order valence-electron chi connectivity index (χ3n) is 4.32. The van der Waals surface area contributed by atoms with Gasteiger partial charge in [0.1, 0.15) is 0 Å². The van der Waals surface area contributed by atoms with Crippen LogP contribution in [0.15, 0.2) is 30.3 Å². The molecule has 1 aliphatic heterocycles. The van der Waals surface area contributed by atoms with Crippen LogP contribution in [0.25, 0.3) is 0 Å². The summed E-state index contributed by atoms with van der Waals surface area (Å²) in [6.45, 7) is 5.53. The number of amides is 1. The molecule has 0 bridgehead atoms. The Morgan fingerprint density at radius 3 is 2.84 bits per heavy atom. The number of nitrogens with two attached hydrogens (primary N) is 1. The summed E-state index contributed by atoms with van der Waals surface area (Å²) in [5.41, 5.74) is 6.83. The lowest BCUT2D eigenvalue weighted by molar-refractivity contribution is -0.907. The molecule has 3 nitrogen and oxygen atoms in total. The largest absolute Gasteiger partial charge is 0.369 e. The van der Waals surface area contributed by atoms with Gasteiger partial charge >= 0.3 is 0 Å². The molecule has 1 aliphatic rings. The van der Waals surface area contributed by atoms with Gasteiger partial charge in [-0.2, -0.15) is 0 Å². The van der Waals surface area contributed by atoms with Crippen molar-refractivity contribution in [1.82, 2.24) is 0 Å². The quantitative estimate of drug-likeness (QED) is 0.815. The standard InChI is InChI=1S/C16H24N2O/c1-13(14-6-3-2-4-7-14)9-11-18-10-5-8-15(12-18)16(17)19/h2-4,6-7,13,15H,5,8-12H2,1H3,(H2,17,19)/p+1/t13-,15-/m0/s1. The molecule has 1 aromatic carbocycles. The lowest BCUT2D eigenvalue weighted by Crippen LogP contribution is -3.13. The number of hydrogen-bond acceptors (Lipinski definition) is 1. The van der Waals surface area contributed by atoms with Crippen molar-refractivity contribution >= 4 is 5.91 Å². The van der Waals surface area contributed by atoms with E-state index in [1.54, 1.807) is 0 Å². The predicted octanol–water partition coefficient (Wildman–Crippen LogP) is 0.960. The highest BCUT2D eigenvalue weighted by molar-refractivity contribution is 5.76. The summed E-state index contributed by atoms with van der Waals surface area (Å²) < 4.78 is 0. The number of piperidine rings is 1. The Bertz CT molecular complexity index is 404. The lowest BCUT2D eigenvalue weighted by atomic mass is 9.95. The van der Waals surface area contributed by atoms with E-state index in [-0.39, 0.29) is 11.8 Å². The van der Waals surface area contributed by atoms with Gasteiger partial charge in [-0.25, -0.2) is 0 Å². The molecule has 1 fully saturated rings. The van der Waals surface area contributed by atoms with E-state index >= 15 is 0 Å². The van der Waals surface area contributed by atoms with Crippen LogP contribution in [0.3, 0.4) is 0 Å². The van der Waals surface area contributed by atoms with Gasteiger partial charge in [0.25, 0.3) is 0 Å². The Hall–Kier alpha value is -1.35. The Labute approximate surface area is 115 Å². The molecular formula is C16H25N2O+. The molecule has 0 spiro atoms. The third-order valence-corrected chi connectivity index (χ3v) is 4.32. The van der Waals surface area contributed by atoms with Gasteiger partial charge in [-0.3, -0.25) is 4.79 Å². The maximum atomic E-state index is 11.3. The van der Waals surface area contributed by atoms with E-state index in [9.17, 15) is 4.79 Å². The van der Waals surface area contributed by atoms with E-state index in [2.05, 4.69) is 37.3 Å². The minimum absolute atomic E-state index is 0.0933. The van der Waals surface area contributed by atoms with E-state index in [1.165, 1.54) is 23.4 Å². The number of likely N-dealkylation sites (tertiary alicyclic amines) is 1. The maximum Gasteiger partial charge on any atom is 0.226 e. The maximum absolute atomic E-state index is 11.3. The number of hydrogen-bond donors (Lipinski definition) is 2. The Kier molecular flexibility index (Phi) is 4.97. The SMILES string of the molecule is C[C@@H](CC[NH+]1CCC[C@H](C(N)=O)C1)c1ccccc1. The molecule has 104 valence electrons. The lowest BCUT2D eigenvalue weighted by Gasteiger charge is -2.29. The topological polar surface area (TPSA) is 47.5 Å². The Balaban J connectivity index is 1.80. The highest BCUT2D eigenvalue weighted by Crippen LogP contribution is 2.17. The van der Waals surface area contributed by atoms with Gasteiger partial charge in [0, 0.05) is 6.42 Å². The average molecular weight is 261 g/mol. The number of nitrogens with one attached hydrogen (secondary N) is 1. The Morgan fingerprint density at radius 2 is 2.16 bits per heavy atom. The summed E-state index contributed by atoms with van der Waals surface area (Å²) in [6, 6.07) is 10.7. The van der Waals surface area contributed by atoms with Crippen molar-refractivity contribution in [2.75, 3.05) is 19.6 Å². The van der Waals surface area contributed by atoms with Gasteiger partial charge in [0.15, 0.2) is 0 Å². The summed E-state index contributed by atoms with van der Waals surface area (Å²) >= 11 is 0. The first-order valence-corrected chi connectivity index (χ1v) is 7.34.